The second-order valence-corrected chi connectivity index (χ2v) is 4.41. The first kappa shape index (κ1) is 10.4. The molecule has 0 unspecified atom stereocenters. The van der Waals surface area contributed by atoms with Crippen LogP contribution in [0.5, 0.6) is 5.75 Å². The van der Waals surface area contributed by atoms with Gasteiger partial charge in [0.25, 0.3) is 0 Å². The quantitative estimate of drug-likeness (QED) is 0.787. The monoisotopic (exact) mass is 266 g/mol. The van der Waals surface area contributed by atoms with E-state index in [1.807, 2.05) is 12.1 Å². The van der Waals surface area contributed by atoms with Crippen molar-refractivity contribution in [1.29, 1.82) is 0 Å². The summed E-state index contributed by atoms with van der Waals surface area (Å²) in [4.78, 5) is 11.3. The summed E-state index contributed by atoms with van der Waals surface area (Å²) in [5.74, 6) is 0.902. The lowest BCUT2D eigenvalue weighted by molar-refractivity contribution is -0.114. The van der Waals surface area contributed by atoms with Crippen LogP contribution in [0.25, 0.3) is 0 Å². The van der Waals surface area contributed by atoms with Crippen LogP contribution in [-0.4, -0.2) is 12.4 Å². The minimum atomic E-state index is 0.0193. The Hall–Kier alpha value is -1.09. The average Bonchev–Trinajstić information content (AvgIpc) is 2.65. The maximum absolute atomic E-state index is 11.3. The first-order valence-electron chi connectivity index (χ1n) is 4.80. The highest BCUT2D eigenvalue weighted by Gasteiger charge is 2.18. The summed E-state index contributed by atoms with van der Waals surface area (Å²) < 4.78 is 6.52. The van der Waals surface area contributed by atoms with E-state index in [-0.39, 0.29) is 5.78 Å². The van der Waals surface area contributed by atoms with Crippen molar-refractivity contribution in [3.05, 3.63) is 40.4 Å². The Morgan fingerprint density at radius 1 is 1.60 bits per heavy atom. The van der Waals surface area contributed by atoms with Crippen molar-refractivity contribution in [3.8, 4) is 5.75 Å². The molecule has 1 heterocycles. The summed E-state index contributed by atoms with van der Waals surface area (Å²) >= 11 is 3.43. The van der Waals surface area contributed by atoms with Crippen molar-refractivity contribution in [3.63, 3.8) is 0 Å². The Morgan fingerprint density at radius 2 is 2.40 bits per heavy atom. The highest BCUT2D eigenvalue weighted by molar-refractivity contribution is 9.10. The van der Waals surface area contributed by atoms with E-state index in [0.29, 0.717) is 13.0 Å². The fourth-order valence-electron chi connectivity index (χ4n) is 1.74. The topological polar surface area (TPSA) is 26.3 Å². The lowest BCUT2D eigenvalue weighted by Gasteiger charge is -2.07. The third-order valence-electron chi connectivity index (χ3n) is 2.42. The van der Waals surface area contributed by atoms with Gasteiger partial charge in [0.05, 0.1) is 6.61 Å². The maximum Gasteiger partial charge on any atom is 0.159 e. The fraction of sp³-hybridized carbons (Fsp3) is 0.250. The molecule has 78 valence electrons. The van der Waals surface area contributed by atoms with E-state index in [1.165, 1.54) is 11.6 Å². The number of carbonyl (C=O) groups excluding carboxylic acids is 1. The molecule has 15 heavy (non-hydrogen) atoms. The van der Waals surface area contributed by atoms with Crippen LogP contribution >= 0.6 is 15.9 Å². The van der Waals surface area contributed by atoms with Gasteiger partial charge in [0.1, 0.15) is 5.75 Å². The number of carbonyl (C=O) groups is 1. The standard InChI is InChI=1S/C12H11BrO2/c1-2-11(14)7-9-6-10(13)5-8-3-4-15-12(8)9/h2,5-6H,1,3-4,7H2. The third kappa shape index (κ3) is 2.12. The van der Waals surface area contributed by atoms with Crippen molar-refractivity contribution >= 4 is 21.7 Å². The second kappa shape index (κ2) is 4.19. The van der Waals surface area contributed by atoms with Crippen LogP contribution < -0.4 is 4.74 Å². The van der Waals surface area contributed by atoms with Crippen LogP contribution in [0.3, 0.4) is 0 Å². The number of rotatable bonds is 3. The molecule has 1 aliphatic heterocycles. The molecule has 1 aromatic rings. The summed E-state index contributed by atoms with van der Waals surface area (Å²) in [6.45, 7) is 4.18. The summed E-state index contributed by atoms with van der Waals surface area (Å²) in [5.41, 5.74) is 2.12. The number of ether oxygens (including phenoxy) is 1. The molecule has 0 aromatic heterocycles. The van der Waals surface area contributed by atoms with Gasteiger partial charge in [-0.1, -0.05) is 22.5 Å². The molecule has 0 saturated carbocycles. The lowest BCUT2D eigenvalue weighted by Crippen LogP contribution is -2.00. The van der Waals surface area contributed by atoms with Crippen LogP contribution in [-0.2, 0) is 17.6 Å². The van der Waals surface area contributed by atoms with Crippen molar-refractivity contribution < 1.29 is 9.53 Å². The van der Waals surface area contributed by atoms with Crippen LogP contribution in [0.2, 0.25) is 0 Å². The van der Waals surface area contributed by atoms with Gasteiger partial charge in [0.15, 0.2) is 5.78 Å². The Kier molecular flexibility index (Phi) is 2.91. The first-order chi connectivity index (χ1) is 7.20. The van der Waals surface area contributed by atoms with Gasteiger partial charge in [-0.15, -0.1) is 0 Å². The molecule has 0 aliphatic carbocycles. The zero-order chi connectivity index (χ0) is 10.8. The SMILES string of the molecule is C=CC(=O)Cc1cc(Br)cc2c1OCC2. The van der Waals surface area contributed by atoms with E-state index in [2.05, 4.69) is 22.5 Å². The Balaban J connectivity index is 2.38. The van der Waals surface area contributed by atoms with E-state index in [0.717, 1.165) is 22.2 Å². The highest BCUT2D eigenvalue weighted by atomic mass is 79.9. The van der Waals surface area contributed by atoms with Gasteiger partial charge in [-0.2, -0.15) is 0 Å². The van der Waals surface area contributed by atoms with Gasteiger partial charge < -0.3 is 4.74 Å². The molecule has 0 bridgehead atoms. The first-order valence-corrected chi connectivity index (χ1v) is 5.59. The smallest absolute Gasteiger partial charge is 0.159 e. The van der Waals surface area contributed by atoms with Crippen LogP contribution in [0.1, 0.15) is 11.1 Å². The molecular weight excluding hydrogens is 256 g/mol. The van der Waals surface area contributed by atoms with E-state index in [1.54, 1.807) is 0 Å². The summed E-state index contributed by atoms with van der Waals surface area (Å²) in [7, 11) is 0. The minimum Gasteiger partial charge on any atom is -0.493 e. The number of benzene rings is 1. The number of fused-ring (bicyclic) bond motifs is 1. The van der Waals surface area contributed by atoms with Crippen molar-refractivity contribution in [1.82, 2.24) is 0 Å². The van der Waals surface area contributed by atoms with Crippen molar-refractivity contribution in [2.75, 3.05) is 6.61 Å². The third-order valence-corrected chi connectivity index (χ3v) is 2.88. The van der Waals surface area contributed by atoms with E-state index in [4.69, 9.17) is 4.74 Å². The Morgan fingerprint density at radius 3 is 3.13 bits per heavy atom. The number of ketones is 1. The number of hydrogen-bond donors (Lipinski definition) is 0. The molecule has 2 nitrogen and oxygen atoms in total. The van der Waals surface area contributed by atoms with Gasteiger partial charge >= 0.3 is 0 Å². The Bertz CT molecular complexity index is 424. The predicted molar refractivity (Wildman–Crippen MR) is 62.2 cm³/mol. The fourth-order valence-corrected chi connectivity index (χ4v) is 2.29. The largest absolute Gasteiger partial charge is 0.493 e. The van der Waals surface area contributed by atoms with Crippen molar-refractivity contribution in [2.24, 2.45) is 0 Å². The molecule has 0 amide bonds. The molecule has 0 spiro atoms. The molecule has 0 atom stereocenters. The number of allylic oxidation sites excluding steroid dienone is 1. The zero-order valence-corrected chi connectivity index (χ0v) is 9.84. The molecule has 1 aliphatic rings. The number of hydrogen-bond acceptors (Lipinski definition) is 2. The highest BCUT2D eigenvalue weighted by Crippen LogP contribution is 2.33. The van der Waals surface area contributed by atoms with Gasteiger partial charge in [-0.05, 0) is 23.8 Å². The van der Waals surface area contributed by atoms with Gasteiger partial charge in [0.2, 0.25) is 0 Å². The van der Waals surface area contributed by atoms with E-state index < -0.39 is 0 Å². The van der Waals surface area contributed by atoms with Crippen molar-refractivity contribution in [2.45, 2.75) is 12.8 Å². The van der Waals surface area contributed by atoms with E-state index in [9.17, 15) is 4.79 Å². The van der Waals surface area contributed by atoms with Crippen LogP contribution in [0.15, 0.2) is 29.3 Å². The van der Waals surface area contributed by atoms with Gasteiger partial charge in [-0.3, -0.25) is 4.79 Å². The molecule has 0 radical (unpaired) electrons. The van der Waals surface area contributed by atoms with Gasteiger partial charge in [-0.25, -0.2) is 0 Å². The molecule has 0 saturated heterocycles. The maximum atomic E-state index is 11.3. The molecule has 0 N–H and O–H groups in total. The average molecular weight is 267 g/mol. The molecule has 2 rings (SSSR count). The van der Waals surface area contributed by atoms with Crippen LogP contribution in [0.4, 0.5) is 0 Å². The molecule has 1 aromatic carbocycles. The predicted octanol–water partition coefficient (Wildman–Crippen LogP) is 2.68. The summed E-state index contributed by atoms with van der Waals surface area (Å²) in [6.07, 6.45) is 2.64. The van der Waals surface area contributed by atoms with E-state index >= 15 is 0 Å². The zero-order valence-electron chi connectivity index (χ0n) is 8.25. The number of halogens is 1. The summed E-state index contributed by atoms with van der Waals surface area (Å²) in [5, 5.41) is 0. The van der Waals surface area contributed by atoms with Gasteiger partial charge in [0, 0.05) is 22.9 Å². The molecule has 0 fully saturated rings. The Labute approximate surface area is 97.1 Å². The second-order valence-electron chi connectivity index (χ2n) is 3.50. The van der Waals surface area contributed by atoms with Crippen LogP contribution in [0, 0.1) is 0 Å². The lowest BCUT2D eigenvalue weighted by atomic mass is 10.0. The molecular formula is C12H11BrO2. The minimum absolute atomic E-state index is 0.0193. The normalized spacial score (nSPS) is 13.1. The summed E-state index contributed by atoms with van der Waals surface area (Å²) in [6, 6.07) is 3.98. The molecule has 3 heteroatoms.